The number of rotatable bonds is 4. The molecule has 4 nitrogen and oxygen atoms in total. The van der Waals surface area contributed by atoms with Crippen molar-refractivity contribution in [3.05, 3.63) is 52.2 Å². The number of hydrogen-bond donors (Lipinski definition) is 1. The second-order valence-corrected chi connectivity index (χ2v) is 7.39. The second-order valence-electron chi connectivity index (χ2n) is 6.06. The zero-order valence-electron chi connectivity index (χ0n) is 15.2. The first-order valence-electron chi connectivity index (χ1n) is 8.07. The van der Waals surface area contributed by atoms with E-state index in [-0.39, 0.29) is 11.6 Å². The molecule has 142 valence electrons. The molecule has 0 aliphatic rings. The highest BCUT2D eigenvalue weighted by atomic mass is 32.2. The predicted octanol–water partition coefficient (Wildman–Crippen LogP) is 5.02. The molecule has 0 saturated carbocycles. The molecule has 1 aromatic heterocycles. The number of nitriles is 1. The molecule has 0 radical (unpaired) electrons. The first-order valence-corrected chi connectivity index (χ1v) is 8.95. The zero-order valence-corrected chi connectivity index (χ0v) is 16.0. The molecule has 2 rings (SSSR count). The van der Waals surface area contributed by atoms with Crippen molar-refractivity contribution in [3.63, 3.8) is 0 Å². The van der Waals surface area contributed by atoms with Gasteiger partial charge in [-0.1, -0.05) is 11.8 Å². The topological polar surface area (TPSA) is 65.8 Å². The molecule has 27 heavy (non-hydrogen) atoms. The van der Waals surface area contributed by atoms with Gasteiger partial charge in [0.2, 0.25) is 5.91 Å². The van der Waals surface area contributed by atoms with Crippen molar-refractivity contribution in [2.75, 3.05) is 5.32 Å². The lowest BCUT2D eigenvalue weighted by atomic mass is 10.1. The van der Waals surface area contributed by atoms with Gasteiger partial charge in [0.15, 0.2) is 0 Å². The van der Waals surface area contributed by atoms with Crippen LogP contribution in [0.1, 0.15) is 34.9 Å². The summed E-state index contributed by atoms with van der Waals surface area (Å²) < 4.78 is 37.8. The molecule has 1 amide bonds. The van der Waals surface area contributed by atoms with E-state index in [9.17, 15) is 23.2 Å². The van der Waals surface area contributed by atoms with Gasteiger partial charge in [0.1, 0.15) is 11.1 Å². The third kappa shape index (κ3) is 4.80. The van der Waals surface area contributed by atoms with Gasteiger partial charge in [-0.3, -0.25) is 4.79 Å². The van der Waals surface area contributed by atoms with Gasteiger partial charge in [0.05, 0.1) is 16.4 Å². The van der Waals surface area contributed by atoms with E-state index in [2.05, 4.69) is 16.4 Å². The zero-order chi connectivity index (χ0) is 20.4. The number of benzene rings is 1. The highest BCUT2D eigenvalue weighted by Gasteiger charge is 2.30. The number of hydrogen-bond acceptors (Lipinski definition) is 4. The van der Waals surface area contributed by atoms with Crippen LogP contribution in [0.5, 0.6) is 0 Å². The highest BCUT2D eigenvalue weighted by molar-refractivity contribution is 8.00. The van der Waals surface area contributed by atoms with Crippen molar-refractivity contribution in [2.45, 2.75) is 44.1 Å². The predicted molar refractivity (Wildman–Crippen MR) is 98.6 cm³/mol. The van der Waals surface area contributed by atoms with Gasteiger partial charge in [0, 0.05) is 11.4 Å². The molecule has 0 spiro atoms. The minimum atomic E-state index is -4.42. The number of aromatic nitrogens is 1. The fraction of sp³-hybridized carbons (Fsp3) is 0.316. The smallest absolute Gasteiger partial charge is 0.325 e. The van der Waals surface area contributed by atoms with Crippen LogP contribution >= 0.6 is 11.8 Å². The molecule has 1 heterocycles. The summed E-state index contributed by atoms with van der Waals surface area (Å²) in [4.78, 5) is 16.8. The highest BCUT2D eigenvalue weighted by Crippen LogP contribution is 2.31. The van der Waals surface area contributed by atoms with Crippen LogP contribution in [0, 0.1) is 32.1 Å². The normalized spacial score (nSPS) is 12.4. The molecular weight excluding hydrogens is 375 g/mol. The molecule has 0 bridgehead atoms. The number of carbonyl (C=O) groups is 1. The quantitative estimate of drug-likeness (QED) is 0.741. The Morgan fingerprint density at radius 1 is 1.19 bits per heavy atom. The third-order valence-corrected chi connectivity index (χ3v) is 5.30. The molecule has 0 fully saturated rings. The lowest BCUT2D eigenvalue weighted by Gasteiger charge is -2.15. The van der Waals surface area contributed by atoms with E-state index in [0.717, 1.165) is 40.7 Å². The maximum absolute atomic E-state index is 12.6. The van der Waals surface area contributed by atoms with Crippen LogP contribution in [0.3, 0.4) is 0 Å². The Morgan fingerprint density at radius 2 is 1.78 bits per heavy atom. The van der Waals surface area contributed by atoms with Crippen molar-refractivity contribution in [3.8, 4) is 6.07 Å². The van der Waals surface area contributed by atoms with Crippen LogP contribution in [0.25, 0.3) is 0 Å². The number of amides is 1. The first kappa shape index (κ1) is 20.8. The molecule has 1 aromatic carbocycles. The standard InChI is InChI=1S/C19H18F3N3OS/c1-10-11(2)16(9-23)18(24-12(10)3)27-13(4)17(26)25-15-7-5-14(6-8-15)19(20,21)22/h5-8,13H,1-4H3,(H,25,26)/t13-/m1/s1. The summed E-state index contributed by atoms with van der Waals surface area (Å²) in [5.41, 5.74) is 2.45. The molecule has 0 unspecified atom stereocenters. The summed E-state index contributed by atoms with van der Waals surface area (Å²) >= 11 is 1.14. The summed E-state index contributed by atoms with van der Waals surface area (Å²) in [6.45, 7) is 7.20. The number of carbonyl (C=O) groups excluding carboxylic acids is 1. The van der Waals surface area contributed by atoms with Crippen molar-refractivity contribution in [2.24, 2.45) is 0 Å². The molecule has 1 N–H and O–H groups in total. The fourth-order valence-corrected chi connectivity index (χ4v) is 3.34. The lowest BCUT2D eigenvalue weighted by Crippen LogP contribution is -2.23. The van der Waals surface area contributed by atoms with Crippen LogP contribution in [-0.2, 0) is 11.0 Å². The summed E-state index contributed by atoms with van der Waals surface area (Å²) in [7, 11) is 0. The average molecular weight is 393 g/mol. The molecule has 0 saturated heterocycles. The van der Waals surface area contributed by atoms with Gasteiger partial charge in [-0.05, 0) is 63.1 Å². The van der Waals surface area contributed by atoms with Gasteiger partial charge < -0.3 is 5.32 Å². The van der Waals surface area contributed by atoms with Gasteiger partial charge in [-0.15, -0.1) is 0 Å². The minimum Gasteiger partial charge on any atom is -0.325 e. The number of halogens is 3. The fourth-order valence-electron chi connectivity index (χ4n) is 2.34. The SMILES string of the molecule is Cc1nc(S[C@H](C)C(=O)Nc2ccc(C(F)(F)F)cc2)c(C#N)c(C)c1C. The maximum atomic E-state index is 12.6. The Morgan fingerprint density at radius 3 is 2.30 bits per heavy atom. The van der Waals surface area contributed by atoms with Crippen molar-refractivity contribution in [1.29, 1.82) is 5.26 Å². The second kappa shape index (κ2) is 8.01. The molecule has 0 aliphatic heterocycles. The number of alkyl halides is 3. The van der Waals surface area contributed by atoms with Crippen LogP contribution in [0.2, 0.25) is 0 Å². The van der Waals surface area contributed by atoms with E-state index < -0.39 is 17.0 Å². The van der Waals surface area contributed by atoms with E-state index in [4.69, 9.17) is 0 Å². The van der Waals surface area contributed by atoms with Crippen LogP contribution in [0.4, 0.5) is 18.9 Å². The number of nitrogens with one attached hydrogen (secondary N) is 1. The monoisotopic (exact) mass is 393 g/mol. The van der Waals surface area contributed by atoms with Crippen molar-refractivity contribution in [1.82, 2.24) is 4.98 Å². The van der Waals surface area contributed by atoms with Gasteiger partial charge >= 0.3 is 6.18 Å². The van der Waals surface area contributed by atoms with Gasteiger partial charge in [0.25, 0.3) is 0 Å². The number of thioether (sulfide) groups is 1. The number of aryl methyl sites for hydroxylation is 1. The lowest BCUT2D eigenvalue weighted by molar-refractivity contribution is -0.137. The number of pyridine rings is 1. The van der Waals surface area contributed by atoms with E-state index in [1.165, 1.54) is 12.1 Å². The Hall–Kier alpha value is -2.53. The molecule has 0 aliphatic carbocycles. The summed E-state index contributed by atoms with van der Waals surface area (Å²) in [5, 5.41) is 11.9. The van der Waals surface area contributed by atoms with Gasteiger partial charge in [-0.25, -0.2) is 4.98 Å². The van der Waals surface area contributed by atoms with Crippen molar-refractivity contribution >= 4 is 23.4 Å². The van der Waals surface area contributed by atoms with Crippen molar-refractivity contribution < 1.29 is 18.0 Å². The van der Waals surface area contributed by atoms with Gasteiger partial charge in [-0.2, -0.15) is 18.4 Å². The Labute approximate surface area is 159 Å². The Kier molecular flexibility index (Phi) is 6.16. The number of nitrogens with zero attached hydrogens (tertiary/aromatic N) is 2. The molecule has 1 atom stereocenters. The minimum absolute atomic E-state index is 0.269. The van der Waals surface area contributed by atoms with E-state index in [0.29, 0.717) is 10.6 Å². The van der Waals surface area contributed by atoms with Crippen LogP contribution < -0.4 is 5.32 Å². The van der Waals surface area contributed by atoms with E-state index in [1.807, 2.05) is 20.8 Å². The van der Waals surface area contributed by atoms with E-state index in [1.54, 1.807) is 6.92 Å². The molecule has 8 heteroatoms. The summed E-state index contributed by atoms with van der Waals surface area (Å²) in [6.07, 6.45) is -4.42. The summed E-state index contributed by atoms with van der Waals surface area (Å²) in [6, 6.07) is 6.36. The Bertz CT molecular complexity index is 902. The maximum Gasteiger partial charge on any atom is 0.416 e. The third-order valence-electron chi connectivity index (χ3n) is 4.21. The van der Waals surface area contributed by atoms with Crippen LogP contribution in [0.15, 0.2) is 29.3 Å². The Balaban J connectivity index is 2.14. The molecule has 2 aromatic rings. The molecular formula is C19H18F3N3OS. The summed E-state index contributed by atoms with van der Waals surface area (Å²) in [5.74, 6) is -0.388. The number of anilines is 1. The first-order chi connectivity index (χ1) is 12.5. The van der Waals surface area contributed by atoms with Crippen LogP contribution in [-0.4, -0.2) is 16.1 Å². The average Bonchev–Trinajstić information content (AvgIpc) is 2.59. The van der Waals surface area contributed by atoms with E-state index >= 15 is 0 Å². The largest absolute Gasteiger partial charge is 0.416 e.